The summed E-state index contributed by atoms with van der Waals surface area (Å²) in [6.07, 6.45) is 0. The fraction of sp³-hybridized carbons (Fsp3) is 0.571. The zero-order valence-corrected chi connectivity index (χ0v) is 12.2. The van der Waals surface area contributed by atoms with Crippen molar-refractivity contribution in [2.24, 2.45) is 0 Å². The minimum atomic E-state index is -0.932. The van der Waals surface area contributed by atoms with Crippen molar-refractivity contribution in [2.75, 3.05) is 49.7 Å². The molecule has 0 amide bonds. The summed E-state index contributed by atoms with van der Waals surface area (Å²) in [7, 11) is 1.86. The van der Waals surface area contributed by atoms with Gasteiger partial charge in [0.05, 0.1) is 13.2 Å². The molecule has 1 aromatic heterocycles. The summed E-state index contributed by atoms with van der Waals surface area (Å²) in [6, 6.07) is 1.85. The van der Waals surface area contributed by atoms with Gasteiger partial charge in [0.15, 0.2) is 0 Å². The standard InChI is InChI=1S/C14H21N3O3/c1-4-16(3)13-12(14(18)19)10(2)9-11(15-13)17-5-7-20-8-6-17/h9H,4-8H2,1-3H3,(H,18,19). The first-order chi connectivity index (χ1) is 9.54. The summed E-state index contributed by atoms with van der Waals surface area (Å²) in [4.78, 5) is 20.0. The Morgan fingerprint density at radius 1 is 1.50 bits per heavy atom. The number of ether oxygens (including phenoxy) is 1. The molecule has 1 aromatic rings. The molecule has 6 nitrogen and oxygen atoms in total. The molecule has 0 bridgehead atoms. The molecule has 2 rings (SSSR count). The number of carboxylic acids is 1. The Balaban J connectivity index is 2.45. The van der Waals surface area contributed by atoms with Crippen LogP contribution in [0.25, 0.3) is 0 Å². The number of anilines is 2. The molecule has 1 aliphatic heterocycles. The molecule has 1 aliphatic rings. The second kappa shape index (κ2) is 6.09. The number of rotatable bonds is 4. The second-order valence-corrected chi connectivity index (χ2v) is 4.91. The molecule has 0 spiro atoms. The van der Waals surface area contributed by atoms with E-state index in [1.807, 2.05) is 31.9 Å². The van der Waals surface area contributed by atoms with Gasteiger partial charge in [-0.3, -0.25) is 0 Å². The summed E-state index contributed by atoms with van der Waals surface area (Å²) in [5, 5.41) is 9.39. The van der Waals surface area contributed by atoms with Gasteiger partial charge in [-0.05, 0) is 25.5 Å². The van der Waals surface area contributed by atoms with Crippen molar-refractivity contribution in [2.45, 2.75) is 13.8 Å². The van der Waals surface area contributed by atoms with Crippen LogP contribution < -0.4 is 9.80 Å². The maximum atomic E-state index is 11.5. The number of morpholine rings is 1. The molecule has 6 heteroatoms. The molecule has 0 aliphatic carbocycles. The Morgan fingerprint density at radius 3 is 2.70 bits per heavy atom. The average molecular weight is 279 g/mol. The molecule has 1 N–H and O–H groups in total. The molecule has 0 unspecified atom stereocenters. The molecule has 1 saturated heterocycles. The lowest BCUT2D eigenvalue weighted by Crippen LogP contribution is -2.37. The SMILES string of the molecule is CCN(C)c1nc(N2CCOCC2)cc(C)c1C(=O)O. The van der Waals surface area contributed by atoms with Crippen molar-refractivity contribution in [1.82, 2.24) is 4.98 Å². The highest BCUT2D eigenvalue weighted by molar-refractivity contribution is 5.95. The fourth-order valence-electron chi connectivity index (χ4n) is 2.28. The number of carbonyl (C=O) groups is 1. The van der Waals surface area contributed by atoms with E-state index in [-0.39, 0.29) is 5.56 Å². The summed E-state index contributed by atoms with van der Waals surface area (Å²) in [5.74, 6) is 0.423. The topological polar surface area (TPSA) is 65.9 Å². The highest BCUT2D eigenvalue weighted by Gasteiger charge is 2.21. The van der Waals surface area contributed by atoms with E-state index in [0.29, 0.717) is 25.6 Å². The van der Waals surface area contributed by atoms with Crippen molar-refractivity contribution >= 4 is 17.6 Å². The minimum Gasteiger partial charge on any atom is -0.478 e. The van der Waals surface area contributed by atoms with Crippen LogP contribution in [0, 0.1) is 6.92 Å². The molecule has 0 saturated carbocycles. The molecular weight excluding hydrogens is 258 g/mol. The Labute approximate surface area is 119 Å². The quantitative estimate of drug-likeness (QED) is 0.898. The van der Waals surface area contributed by atoms with Gasteiger partial charge in [0.25, 0.3) is 0 Å². The molecular formula is C14H21N3O3. The number of hydrogen-bond donors (Lipinski definition) is 1. The molecule has 0 radical (unpaired) electrons. The number of aromatic carboxylic acids is 1. The molecule has 2 heterocycles. The highest BCUT2D eigenvalue weighted by atomic mass is 16.5. The number of aromatic nitrogens is 1. The number of hydrogen-bond acceptors (Lipinski definition) is 5. The van der Waals surface area contributed by atoms with Gasteiger partial charge in [-0.1, -0.05) is 0 Å². The third kappa shape index (κ3) is 2.85. The summed E-state index contributed by atoms with van der Waals surface area (Å²) < 4.78 is 5.34. The second-order valence-electron chi connectivity index (χ2n) is 4.91. The number of nitrogens with zero attached hydrogens (tertiary/aromatic N) is 3. The predicted octanol–water partition coefficient (Wildman–Crippen LogP) is 1.38. The largest absolute Gasteiger partial charge is 0.478 e. The smallest absolute Gasteiger partial charge is 0.339 e. The van der Waals surface area contributed by atoms with Crippen LogP contribution in [-0.4, -0.2) is 56.0 Å². The Morgan fingerprint density at radius 2 is 2.15 bits per heavy atom. The Kier molecular flexibility index (Phi) is 4.44. The lowest BCUT2D eigenvalue weighted by Gasteiger charge is -2.30. The van der Waals surface area contributed by atoms with E-state index in [4.69, 9.17) is 4.74 Å². The van der Waals surface area contributed by atoms with Crippen LogP contribution in [0.4, 0.5) is 11.6 Å². The summed E-state index contributed by atoms with van der Waals surface area (Å²) >= 11 is 0. The van der Waals surface area contributed by atoms with Crippen LogP contribution in [0.3, 0.4) is 0 Å². The summed E-state index contributed by atoms with van der Waals surface area (Å²) in [6.45, 7) is 7.44. The van der Waals surface area contributed by atoms with Crippen LogP contribution in [0.5, 0.6) is 0 Å². The van der Waals surface area contributed by atoms with Crippen LogP contribution >= 0.6 is 0 Å². The Bertz CT molecular complexity index is 499. The van der Waals surface area contributed by atoms with Crippen LogP contribution in [0.1, 0.15) is 22.8 Å². The van der Waals surface area contributed by atoms with Gasteiger partial charge in [-0.25, -0.2) is 9.78 Å². The molecule has 20 heavy (non-hydrogen) atoms. The van der Waals surface area contributed by atoms with Crippen molar-refractivity contribution in [3.63, 3.8) is 0 Å². The van der Waals surface area contributed by atoms with Gasteiger partial charge >= 0.3 is 5.97 Å². The van der Waals surface area contributed by atoms with Crippen molar-refractivity contribution in [1.29, 1.82) is 0 Å². The normalized spacial score (nSPS) is 15.2. The first-order valence-electron chi connectivity index (χ1n) is 6.83. The van der Waals surface area contributed by atoms with Crippen molar-refractivity contribution in [3.05, 3.63) is 17.2 Å². The average Bonchev–Trinajstić information content (AvgIpc) is 2.46. The third-order valence-electron chi connectivity index (χ3n) is 3.57. The first kappa shape index (κ1) is 14.6. The van der Waals surface area contributed by atoms with Crippen molar-refractivity contribution in [3.8, 4) is 0 Å². The van der Waals surface area contributed by atoms with Gasteiger partial charge in [-0.15, -0.1) is 0 Å². The van der Waals surface area contributed by atoms with E-state index in [1.165, 1.54) is 0 Å². The lowest BCUT2D eigenvalue weighted by atomic mass is 10.1. The fourth-order valence-corrected chi connectivity index (χ4v) is 2.28. The van der Waals surface area contributed by atoms with E-state index in [2.05, 4.69) is 9.88 Å². The van der Waals surface area contributed by atoms with Gasteiger partial charge in [0, 0.05) is 26.7 Å². The maximum Gasteiger partial charge on any atom is 0.339 e. The van der Waals surface area contributed by atoms with E-state index in [1.54, 1.807) is 0 Å². The first-order valence-corrected chi connectivity index (χ1v) is 6.83. The summed E-state index contributed by atoms with van der Waals surface area (Å²) in [5.41, 5.74) is 1.02. The van der Waals surface area contributed by atoms with Crippen LogP contribution in [-0.2, 0) is 4.74 Å². The third-order valence-corrected chi connectivity index (χ3v) is 3.57. The maximum absolute atomic E-state index is 11.5. The van der Waals surface area contributed by atoms with E-state index < -0.39 is 5.97 Å². The molecule has 0 atom stereocenters. The zero-order chi connectivity index (χ0) is 14.7. The van der Waals surface area contributed by atoms with Gasteiger partial charge in [-0.2, -0.15) is 0 Å². The number of aryl methyl sites for hydroxylation is 1. The predicted molar refractivity (Wildman–Crippen MR) is 77.9 cm³/mol. The zero-order valence-electron chi connectivity index (χ0n) is 12.2. The van der Waals surface area contributed by atoms with Gasteiger partial charge in [0.1, 0.15) is 17.2 Å². The van der Waals surface area contributed by atoms with E-state index in [0.717, 1.165) is 24.5 Å². The molecule has 1 fully saturated rings. The van der Waals surface area contributed by atoms with Crippen LogP contribution in [0.15, 0.2) is 6.07 Å². The van der Waals surface area contributed by atoms with E-state index >= 15 is 0 Å². The van der Waals surface area contributed by atoms with Crippen molar-refractivity contribution < 1.29 is 14.6 Å². The minimum absolute atomic E-state index is 0.284. The number of carboxylic acid groups (broad SMARTS) is 1. The van der Waals surface area contributed by atoms with Gasteiger partial charge < -0.3 is 19.6 Å². The van der Waals surface area contributed by atoms with E-state index in [9.17, 15) is 9.90 Å². The Hall–Kier alpha value is -1.82. The monoisotopic (exact) mass is 279 g/mol. The van der Waals surface area contributed by atoms with Crippen LogP contribution in [0.2, 0.25) is 0 Å². The number of pyridine rings is 1. The van der Waals surface area contributed by atoms with Gasteiger partial charge in [0.2, 0.25) is 0 Å². The molecule has 110 valence electrons. The molecule has 0 aromatic carbocycles. The lowest BCUT2D eigenvalue weighted by molar-refractivity contribution is 0.0696. The highest BCUT2D eigenvalue weighted by Crippen LogP contribution is 2.26.